The first-order valence-corrected chi connectivity index (χ1v) is 14.2. The summed E-state index contributed by atoms with van der Waals surface area (Å²) in [6.45, 7) is 16.2. The number of methoxy groups -OCH3 is 1. The summed E-state index contributed by atoms with van der Waals surface area (Å²) in [5.41, 5.74) is 1.48. The minimum Gasteiger partial charge on any atom is -0.497 e. The van der Waals surface area contributed by atoms with Crippen molar-refractivity contribution < 1.29 is 23.7 Å². The molecule has 5 nitrogen and oxygen atoms in total. The summed E-state index contributed by atoms with van der Waals surface area (Å²) in [6, 6.07) is 7.85. The van der Waals surface area contributed by atoms with Crippen LogP contribution in [0.4, 0.5) is 0 Å². The van der Waals surface area contributed by atoms with Crippen LogP contribution in [0.25, 0.3) is 0 Å². The third kappa shape index (κ3) is 4.93. The minimum absolute atomic E-state index is 0.0343. The van der Waals surface area contributed by atoms with E-state index in [4.69, 9.17) is 18.6 Å². The Bertz CT molecular complexity index is 782. The van der Waals surface area contributed by atoms with Crippen molar-refractivity contribution in [3.05, 3.63) is 41.5 Å². The van der Waals surface area contributed by atoms with E-state index in [9.17, 15) is 5.11 Å². The monoisotopic (exact) mass is 448 g/mol. The van der Waals surface area contributed by atoms with Crippen LogP contribution >= 0.6 is 0 Å². The zero-order valence-corrected chi connectivity index (χ0v) is 21.4. The number of aliphatic hydroxyl groups excluding tert-OH is 1. The Balaban J connectivity index is 1.90. The Labute approximate surface area is 188 Å². The van der Waals surface area contributed by atoms with Crippen LogP contribution in [0.3, 0.4) is 0 Å². The summed E-state index contributed by atoms with van der Waals surface area (Å²) in [4.78, 5) is 0. The standard InChI is InChI=1S/C25H40O5Si/c1-17(15-26)13-21-22(30-31(7,8)24(3,4)5)18(2)14-25(21)16-28-23(29-25)19-9-11-20(27-6)12-10-19/h9-13,18,21-23,26H,14-16H2,1-8H3/b17-13+/t18-,21-,22+,23?,25-/m0/s1. The topological polar surface area (TPSA) is 57.2 Å². The largest absolute Gasteiger partial charge is 0.497 e. The highest BCUT2D eigenvalue weighted by atomic mass is 28.4. The molecule has 5 atom stereocenters. The molecule has 1 N–H and O–H groups in total. The average Bonchev–Trinajstić information content (AvgIpc) is 3.23. The maximum absolute atomic E-state index is 9.74. The molecule has 0 bridgehead atoms. The van der Waals surface area contributed by atoms with E-state index in [-0.39, 0.29) is 23.7 Å². The fourth-order valence-electron chi connectivity index (χ4n) is 4.47. The van der Waals surface area contributed by atoms with E-state index in [2.05, 4.69) is 46.9 Å². The number of aliphatic hydroxyl groups is 1. The van der Waals surface area contributed by atoms with Crippen LogP contribution < -0.4 is 4.74 Å². The first-order chi connectivity index (χ1) is 14.4. The molecule has 0 amide bonds. The smallest absolute Gasteiger partial charge is 0.192 e. The van der Waals surface area contributed by atoms with Gasteiger partial charge in [-0.25, -0.2) is 0 Å². The summed E-state index contributed by atoms with van der Waals surface area (Å²) < 4.78 is 25.1. The second-order valence-corrected chi connectivity index (χ2v) is 15.6. The van der Waals surface area contributed by atoms with Gasteiger partial charge in [-0.05, 0) is 49.5 Å². The highest BCUT2D eigenvalue weighted by Gasteiger charge is 2.58. The van der Waals surface area contributed by atoms with E-state index in [0.717, 1.165) is 23.3 Å². The van der Waals surface area contributed by atoms with Crippen LogP contribution in [-0.2, 0) is 13.9 Å². The predicted molar refractivity (Wildman–Crippen MR) is 126 cm³/mol. The van der Waals surface area contributed by atoms with Crippen LogP contribution in [0.1, 0.15) is 52.9 Å². The van der Waals surface area contributed by atoms with E-state index in [1.165, 1.54) is 0 Å². The first kappa shape index (κ1) is 24.5. The lowest BCUT2D eigenvalue weighted by Gasteiger charge is -2.41. The molecular formula is C25H40O5Si. The molecule has 1 spiro atoms. The SMILES string of the molecule is COc1ccc(C2OC[C@]3(C[C@H](C)[C@@H](O[Si](C)(C)C(C)(C)C)[C@@H]3/C=C(\C)CO)O2)cc1. The number of benzene rings is 1. The first-order valence-electron chi connectivity index (χ1n) is 11.3. The fraction of sp³-hybridized carbons (Fsp3) is 0.680. The number of ether oxygens (including phenoxy) is 3. The molecule has 0 aromatic heterocycles. The van der Waals surface area contributed by atoms with Crippen LogP contribution in [-0.4, -0.2) is 45.5 Å². The van der Waals surface area contributed by atoms with Gasteiger partial charge in [0.25, 0.3) is 0 Å². The third-order valence-corrected chi connectivity index (χ3v) is 11.8. The Morgan fingerprint density at radius 3 is 2.45 bits per heavy atom. The Morgan fingerprint density at radius 2 is 1.90 bits per heavy atom. The molecule has 1 saturated carbocycles. The quantitative estimate of drug-likeness (QED) is 0.462. The molecule has 1 aliphatic carbocycles. The molecule has 2 fully saturated rings. The van der Waals surface area contributed by atoms with Crippen molar-refractivity contribution in [3.8, 4) is 5.75 Å². The summed E-state index contributed by atoms with van der Waals surface area (Å²) in [6.07, 6.45) is 2.68. The van der Waals surface area contributed by atoms with Gasteiger partial charge in [0.15, 0.2) is 14.6 Å². The van der Waals surface area contributed by atoms with E-state index in [0.29, 0.717) is 12.5 Å². The zero-order chi connectivity index (χ0) is 23.0. The molecule has 1 saturated heterocycles. The summed E-state index contributed by atoms with van der Waals surface area (Å²) in [5, 5.41) is 9.86. The lowest BCUT2D eigenvalue weighted by molar-refractivity contribution is -0.104. The van der Waals surface area contributed by atoms with Crippen LogP contribution in [0.2, 0.25) is 18.1 Å². The van der Waals surface area contributed by atoms with Gasteiger partial charge >= 0.3 is 0 Å². The zero-order valence-electron chi connectivity index (χ0n) is 20.4. The average molecular weight is 449 g/mol. The Kier molecular flexibility index (Phi) is 7.09. The molecule has 174 valence electrons. The van der Waals surface area contributed by atoms with Gasteiger partial charge in [0.05, 0.1) is 26.4 Å². The van der Waals surface area contributed by atoms with Crippen molar-refractivity contribution in [2.75, 3.05) is 20.3 Å². The molecule has 1 heterocycles. The van der Waals surface area contributed by atoms with Gasteiger partial charge < -0.3 is 23.7 Å². The lowest BCUT2D eigenvalue weighted by Crippen LogP contribution is -2.48. The molecule has 1 unspecified atom stereocenters. The summed E-state index contributed by atoms with van der Waals surface area (Å²) in [7, 11) is -0.314. The molecule has 6 heteroatoms. The van der Waals surface area contributed by atoms with Gasteiger partial charge in [0.1, 0.15) is 11.4 Å². The van der Waals surface area contributed by atoms with Gasteiger partial charge in [-0.15, -0.1) is 0 Å². The molecule has 31 heavy (non-hydrogen) atoms. The maximum atomic E-state index is 9.74. The fourth-order valence-corrected chi connectivity index (χ4v) is 5.88. The van der Waals surface area contributed by atoms with Crippen molar-refractivity contribution in [2.24, 2.45) is 11.8 Å². The highest BCUT2D eigenvalue weighted by molar-refractivity contribution is 6.74. The molecule has 1 aromatic rings. The van der Waals surface area contributed by atoms with E-state index in [1.54, 1.807) is 7.11 Å². The second kappa shape index (κ2) is 8.98. The van der Waals surface area contributed by atoms with Crippen LogP contribution in [0.15, 0.2) is 35.9 Å². The lowest BCUT2D eigenvalue weighted by atomic mass is 9.89. The molecular weight excluding hydrogens is 408 g/mol. The van der Waals surface area contributed by atoms with Crippen molar-refractivity contribution in [1.82, 2.24) is 0 Å². The maximum Gasteiger partial charge on any atom is 0.192 e. The summed E-state index contributed by atoms with van der Waals surface area (Å²) >= 11 is 0. The van der Waals surface area contributed by atoms with Crippen LogP contribution in [0.5, 0.6) is 5.75 Å². The van der Waals surface area contributed by atoms with E-state index < -0.39 is 20.2 Å². The van der Waals surface area contributed by atoms with Gasteiger partial charge in [0.2, 0.25) is 0 Å². The normalized spacial score (nSPS) is 32.1. The third-order valence-electron chi connectivity index (χ3n) is 7.35. The van der Waals surface area contributed by atoms with Crippen molar-refractivity contribution >= 4 is 8.32 Å². The molecule has 1 aromatic carbocycles. The molecule has 2 aliphatic rings. The number of hydrogen-bond donors (Lipinski definition) is 1. The molecule has 1 aliphatic heterocycles. The molecule has 3 rings (SSSR count). The van der Waals surface area contributed by atoms with Crippen molar-refractivity contribution in [3.63, 3.8) is 0 Å². The number of hydrogen-bond acceptors (Lipinski definition) is 5. The van der Waals surface area contributed by atoms with Crippen LogP contribution in [0, 0.1) is 11.8 Å². The van der Waals surface area contributed by atoms with Gasteiger partial charge in [-0.3, -0.25) is 0 Å². The number of rotatable bonds is 6. The Morgan fingerprint density at radius 1 is 1.26 bits per heavy atom. The Hall–Kier alpha value is -1.18. The van der Waals surface area contributed by atoms with Gasteiger partial charge in [-0.2, -0.15) is 0 Å². The highest BCUT2D eigenvalue weighted by Crippen LogP contribution is 2.53. The van der Waals surface area contributed by atoms with E-state index >= 15 is 0 Å². The van der Waals surface area contributed by atoms with Crippen molar-refractivity contribution in [1.29, 1.82) is 0 Å². The van der Waals surface area contributed by atoms with Gasteiger partial charge in [-0.1, -0.05) is 51.5 Å². The van der Waals surface area contributed by atoms with E-state index in [1.807, 2.05) is 31.2 Å². The minimum atomic E-state index is -1.98. The molecule has 0 radical (unpaired) electrons. The summed E-state index contributed by atoms with van der Waals surface area (Å²) in [5.74, 6) is 1.18. The predicted octanol–water partition coefficient (Wildman–Crippen LogP) is 5.46. The second-order valence-electron chi connectivity index (χ2n) is 10.8. The van der Waals surface area contributed by atoms with Crippen molar-refractivity contribution in [2.45, 2.75) is 77.2 Å². The van der Waals surface area contributed by atoms with Gasteiger partial charge in [0, 0.05) is 11.5 Å².